The Kier molecular flexibility index (Phi) is 4.41. The molecule has 22 heavy (non-hydrogen) atoms. The van der Waals surface area contributed by atoms with Crippen LogP contribution in [0.25, 0.3) is 0 Å². The summed E-state index contributed by atoms with van der Waals surface area (Å²) in [5.41, 5.74) is 1.52. The Morgan fingerprint density at radius 1 is 1.27 bits per heavy atom. The van der Waals surface area contributed by atoms with Gasteiger partial charge in [0.15, 0.2) is 14.9 Å². The van der Waals surface area contributed by atoms with Crippen LogP contribution in [0, 0.1) is 11.8 Å². The second kappa shape index (κ2) is 6.16. The topological polar surface area (TPSA) is 58.2 Å². The van der Waals surface area contributed by atoms with Crippen molar-refractivity contribution in [3.63, 3.8) is 0 Å². The number of rotatable bonds is 4. The van der Waals surface area contributed by atoms with Crippen molar-refractivity contribution in [3.05, 3.63) is 29.8 Å². The van der Waals surface area contributed by atoms with Crippen LogP contribution in [0.1, 0.15) is 31.2 Å². The molecule has 0 radical (unpaired) electrons. The van der Waals surface area contributed by atoms with Gasteiger partial charge in [-0.1, -0.05) is 24.6 Å². The molecule has 4 nitrogen and oxygen atoms in total. The van der Waals surface area contributed by atoms with Gasteiger partial charge in [0.25, 0.3) is 0 Å². The van der Waals surface area contributed by atoms with E-state index in [2.05, 4.69) is 10.6 Å². The zero-order chi connectivity index (χ0) is 15.7. The summed E-state index contributed by atoms with van der Waals surface area (Å²) in [4.78, 5) is 0. The lowest BCUT2D eigenvalue weighted by Gasteiger charge is -2.25. The van der Waals surface area contributed by atoms with Crippen molar-refractivity contribution >= 4 is 32.9 Å². The number of thiocarbonyl (C=S) groups is 1. The quantitative estimate of drug-likeness (QED) is 0.827. The van der Waals surface area contributed by atoms with Crippen molar-refractivity contribution in [1.82, 2.24) is 5.32 Å². The van der Waals surface area contributed by atoms with E-state index < -0.39 is 9.84 Å². The Morgan fingerprint density at radius 3 is 2.68 bits per heavy atom. The maximum Gasteiger partial charge on any atom is 0.171 e. The van der Waals surface area contributed by atoms with Crippen LogP contribution >= 0.6 is 12.2 Å². The van der Waals surface area contributed by atoms with E-state index in [-0.39, 0.29) is 5.75 Å². The fraction of sp³-hybridized carbons (Fsp3) is 0.562. The molecule has 120 valence electrons. The Hall–Kier alpha value is -1.14. The van der Waals surface area contributed by atoms with Gasteiger partial charge in [0.2, 0.25) is 0 Å². The first-order valence-electron chi connectivity index (χ1n) is 7.74. The van der Waals surface area contributed by atoms with Gasteiger partial charge >= 0.3 is 0 Å². The molecule has 3 rings (SSSR count). The average molecular weight is 338 g/mol. The highest BCUT2D eigenvalue weighted by atomic mass is 32.2. The molecule has 0 saturated heterocycles. The molecular weight excluding hydrogens is 316 g/mol. The molecule has 3 unspecified atom stereocenters. The maximum atomic E-state index is 11.5. The molecule has 2 aliphatic rings. The highest BCUT2D eigenvalue weighted by Crippen LogP contribution is 2.44. The molecule has 6 heteroatoms. The number of nitrogens with one attached hydrogen (secondary N) is 2. The molecule has 2 N–H and O–H groups in total. The molecule has 1 aromatic rings. The first kappa shape index (κ1) is 15.7. The zero-order valence-corrected chi connectivity index (χ0v) is 14.3. The summed E-state index contributed by atoms with van der Waals surface area (Å²) >= 11 is 5.42. The van der Waals surface area contributed by atoms with Crippen LogP contribution in [-0.4, -0.2) is 25.8 Å². The largest absolute Gasteiger partial charge is 0.359 e. The van der Waals surface area contributed by atoms with Gasteiger partial charge in [0.1, 0.15) is 0 Å². The normalized spacial score (nSPS) is 26.9. The Bertz CT molecular complexity index is 672. The molecule has 1 aromatic carbocycles. The minimum absolute atomic E-state index is 0.0207. The van der Waals surface area contributed by atoms with E-state index in [1.165, 1.54) is 31.9 Å². The highest BCUT2D eigenvalue weighted by Gasteiger charge is 2.39. The Balaban J connectivity index is 1.64. The predicted molar refractivity (Wildman–Crippen MR) is 93.6 cm³/mol. The lowest BCUT2D eigenvalue weighted by Crippen LogP contribution is -2.41. The van der Waals surface area contributed by atoms with Crippen LogP contribution in [-0.2, 0) is 15.6 Å². The average Bonchev–Trinajstić information content (AvgIpc) is 3.01. The van der Waals surface area contributed by atoms with Crippen molar-refractivity contribution in [2.24, 2.45) is 11.8 Å². The van der Waals surface area contributed by atoms with Crippen LogP contribution in [0.4, 0.5) is 5.69 Å². The van der Waals surface area contributed by atoms with Gasteiger partial charge in [0.05, 0.1) is 5.75 Å². The lowest BCUT2D eigenvalue weighted by molar-refractivity contribution is 0.392. The van der Waals surface area contributed by atoms with E-state index in [0.717, 1.165) is 23.1 Å². The molecule has 0 spiro atoms. The molecule has 2 saturated carbocycles. The first-order chi connectivity index (χ1) is 10.4. The van der Waals surface area contributed by atoms with Gasteiger partial charge in [0, 0.05) is 18.0 Å². The number of sulfone groups is 1. The number of fused-ring (bicyclic) bond motifs is 2. The third kappa shape index (κ3) is 3.79. The van der Waals surface area contributed by atoms with Gasteiger partial charge in [-0.05, 0) is 54.9 Å². The lowest BCUT2D eigenvalue weighted by atomic mass is 9.95. The van der Waals surface area contributed by atoms with Crippen LogP contribution in [0.15, 0.2) is 24.3 Å². The second-order valence-electron chi connectivity index (χ2n) is 6.61. The van der Waals surface area contributed by atoms with Crippen molar-refractivity contribution in [1.29, 1.82) is 0 Å². The predicted octanol–water partition coefficient (Wildman–Crippen LogP) is 2.71. The molecule has 0 aliphatic heterocycles. The number of para-hydroxylation sites is 1. The molecule has 3 atom stereocenters. The molecule has 0 heterocycles. The highest BCUT2D eigenvalue weighted by molar-refractivity contribution is 7.89. The van der Waals surface area contributed by atoms with E-state index in [1.807, 2.05) is 24.3 Å². The monoisotopic (exact) mass is 338 g/mol. The fourth-order valence-corrected chi connectivity index (χ4v) is 4.88. The standard InChI is InChI=1S/C16H22N2O2S2/c1-22(19,20)10-13-4-2-3-5-14(13)17-16(21)18-15-9-11-6-7-12(15)8-11/h2-5,11-12,15H,6-10H2,1H3,(H2,17,18,21). The fourth-order valence-electron chi connectivity index (χ4n) is 3.80. The summed E-state index contributed by atoms with van der Waals surface area (Å²) in [5.74, 6) is 1.63. The summed E-state index contributed by atoms with van der Waals surface area (Å²) in [6.07, 6.45) is 6.44. The SMILES string of the molecule is CS(=O)(=O)Cc1ccccc1NC(=S)NC1CC2CCC1C2. The van der Waals surface area contributed by atoms with Crippen molar-refractivity contribution in [3.8, 4) is 0 Å². The molecular formula is C16H22N2O2S2. The first-order valence-corrected chi connectivity index (χ1v) is 10.2. The van der Waals surface area contributed by atoms with Crippen molar-refractivity contribution in [2.75, 3.05) is 11.6 Å². The van der Waals surface area contributed by atoms with E-state index in [9.17, 15) is 8.42 Å². The van der Waals surface area contributed by atoms with Crippen LogP contribution < -0.4 is 10.6 Å². The molecule has 0 amide bonds. The Morgan fingerprint density at radius 2 is 2.05 bits per heavy atom. The van der Waals surface area contributed by atoms with Crippen molar-refractivity contribution in [2.45, 2.75) is 37.5 Å². The number of anilines is 1. The maximum absolute atomic E-state index is 11.5. The molecule has 0 aromatic heterocycles. The smallest absolute Gasteiger partial charge is 0.171 e. The van der Waals surface area contributed by atoms with Gasteiger partial charge in [-0.15, -0.1) is 0 Å². The summed E-state index contributed by atoms with van der Waals surface area (Å²) in [7, 11) is -3.07. The van der Waals surface area contributed by atoms with Crippen LogP contribution in [0.2, 0.25) is 0 Å². The van der Waals surface area contributed by atoms with Gasteiger partial charge in [-0.2, -0.15) is 0 Å². The van der Waals surface area contributed by atoms with Gasteiger partial charge in [-0.25, -0.2) is 8.42 Å². The minimum atomic E-state index is -3.07. The number of hydrogen-bond acceptors (Lipinski definition) is 3. The van der Waals surface area contributed by atoms with Crippen LogP contribution in [0.3, 0.4) is 0 Å². The van der Waals surface area contributed by atoms with Gasteiger partial charge in [-0.3, -0.25) is 0 Å². The second-order valence-corrected chi connectivity index (χ2v) is 9.16. The number of hydrogen-bond donors (Lipinski definition) is 2. The van der Waals surface area contributed by atoms with E-state index in [0.29, 0.717) is 11.2 Å². The third-order valence-electron chi connectivity index (χ3n) is 4.74. The summed E-state index contributed by atoms with van der Waals surface area (Å²) < 4.78 is 23.1. The van der Waals surface area contributed by atoms with E-state index in [4.69, 9.17) is 12.2 Å². The number of benzene rings is 1. The summed E-state index contributed by atoms with van der Waals surface area (Å²) in [5, 5.41) is 7.19. The van der Waals surface area contributed by atoms with Crippen molar-refractivity contribution < 1.29 is 8.42 Å². The summed E-state index contributed by atoms with van der Waals surface area (Å²) in [6.45, 7) is 0. The van der Waals surface area contributed by atoms with Crippen LogP contribution in [0.5, 0.6) is 0 Å². The third-order valence-corrected chi connectivity index (χ3v) is 5.79. The molecule has 2 fully saturated rings. The van der Waals surface area contributed by atoms with E-state index >= 15 is 0 Å². The van der Waals surface area contributed by atoms with E-state index in [1.54, 1.807) is 0 Å². The van der Waals surface area contributed by atoms with Gasteiger partial charge < -0.3 is 10.6 Å². The summed E-state index contributed by atoms with van der Waals surface area (Å²) in [6, 6.07) is 7.89. The Labute approximate surface area is 137 Å². The zero-order valence-electron chi connectivity index (χ0n) is 12.7. The minimum Gasteiger partial charge on any atom is -0.359 e. The molecule has 2 bridgehead atoms. The molecule has 2 aliphatic carbocycles.